The van der Waals surface area contributed by atoms with E-state index in [4.69, 9.17) is 19.4 Å². The van der Waals surface area contributed by atoms with Gasteiger partial charge in [0.05, 0.1) is 12.8 Å². The average molecular weight is 320 g/mol. The second-order valence-electron chi connectivity index (χ2n) is 4.68. The number of rotatable bonds is 4. The lowest BCUT2D eigenvalue weighted by atomic mass is 10.2. The number of halogens is 1. The monoisotopic (exact) mass is 320 g/mol. The maximum atomic E-state index is 13.1. The first-order chi connectivity index (χ1) is 11.2. The average Bonchev–Trinajstić information content (AvgIpc) is 3.02. The topological polar surface area (TPSA) is 80.7 Å². The van der Waals surface area contributed by atoms with E-state index in [-0.39, 0.29) is 12.3 Å². The van der Waals surface area contributed by atoms with E-state index in [2.05, 4.69) is 16.4 Å². The molecule has 0 bridgehead atoms. The summed E-state index contributed by atoms with van der Waals surface area (Å²) in [5.74, 6) is 1.46. The lowest BCUT2D eigenvalue weighted by molar-refractivity contribution is -0.122. The van der Waals surface area contributed by atoms with Crippen molar-refractivity contribution in [2.75, 3.05) is 19.0 Å². The fourth-order valence-electron chi connectivity index (χ4n) is 2.19. The number of hydrogen-bond acceptors (Lipinski definition) is 5. The Morgan fingerprint density at radius 2 is 2.13 bits per heavy atom. The SMILES string of the molecule is COc1cc(F)ccc1OCc1ccc2c(n1)NCC2.O=CO. The van der Waals surface area contributed by atoms with Gasteiger partial charge >= 0.3 is 0 Å². The molecule has 1 aliphatic heterocycles. The molecule has 6 nitrogen and oxygen atoms in total. The zero-order valence-electron chi connectivity index (χ0n) is 12.6. The van der Waals surface area contributed by atoms with Gasteiger partial charge in [-0.25, -0.2) is 9.37 Å². The van der Waals surface area contributed by atoms with Crippen LogP contribution < -0.4 is 14.8 Å². The lowest BCUT2D eigenvalue weighted by Gasteiger charge is -2.11. The molecule has 1 aliphatic rings. The van der Waals surface area contributed by atoms with Gasteiger partial charge in [0.15, 0.2) is 11.5 Å². The smallest absolute Gasteiger partial charge is 0.290 e. The predicted octanol–water partition coefficient (Wildman–Crippen LogP) is 2.48. The number of hydrogen-bond donors (Lipinski definition) is 2. The highest BCUT2D eigenvalue weighted by atomic mass is 19.1. The number of anilines is 1. The van der Waals surface area contributed by atoms with Gasteiger partial charge in [-0.05, 0) is 30.2 Å². The molecule has 1 aromatic carbocycles. The van der Waals surface area contributed by atoms with E-state index in [0.717, 1.165) is 24.5 Å². The van der Waals surface area contributed by atoms with Gasteiger partial charge in [-0.2, -0.15) is 0 Å². The molecule has 1 aromatic heterocycles. The Morgan fingerprint density at radius 3 is 2.87 bits per heavy atom. The first-order valence-corrected chi connectivity index (χ1v) is 6.94. The standard InChI is InChI=1S/C15H15FN2O2.CH2O2/c1-19-14-8-11(16)3-5-13(14)20-9-12-4-2-10-6-7-17-15(10)18-12;2-1-3/h2-5,8H,6-7,9H2,1H3,(H,17,18);1H,(H,2,3). The van der Waals surface area contributed by atoms with Crippen molar-refractivity contribution >= 4 is 12.3 Å². The Kier molecular flexibility index (Phi) is 5.74. The van der Waals surface area contributed by atoms with Crippen molar-refractivity contribution in [1.29, 1.82) is 0 Å². The van der Waals surface area contributed by atoms with E-state index < -0.39 is 0 Å². The quantitative estimate of drug-likeness (QED) is 0.843. The summed E-state index contributed by atoms with van der Waals surface area (Å²) < 4.78 is 23.8. The van der Waals surface area contributed by atoms with Gasteiger partial charge in [-0.3, -0.25) is 4.79 Å². The van der Waals surface area contributed by atoms with E-state index in [0.29, 0.717) is 18.1 Å². The van der Waals surface area contributed by atoms with Crippen molar-refractivity contribution in [2.24, 2.45) is 0 Å². The van der Waals surface area contributed by atoms with E-state index in [9.17, 15) is 4.39 Å². The summed E-state index contributed by atoms with van der Waals surface area (Å²) in [6.45, 7) is 0.995. The lowest BCUT2D eigenvalue weighted by Crippen LogP contribution is -2.02. The highest BCUT2D eigenvalue weighted by Gasteiger charge is 2.12. The molecule has 122 valence electrons. The van der Waals surface area contributed by atoms with E-state index in [1.165, 1.54) is 24.8 Å². The van der Waals surface area contributed by atoms with Crippen molar-refractivity contribution in [1.82, 2.24) is 4.98 Å². The summed E-state index contributed by atoms with van der Waals surface area (Å²) in [5.41, 5.74) is 2.05. The van der Waals surface area contributed by atoms with Crippen LogP contribution in [0.15, 0.2) is 30.3 Å². The third kappa shape index (κ3) is 4.32. The first-order valence-electron chi connectivity index (χ1n) is 6.94. The minimum absolute atomic E-state index is 0.250. The van der Waals surface area contributed by atoms with Crippen LogP contribution >= 0.6 is 0 Å². The van der Waals surface area contributed by atoms with Crippen molar-refractivity contribution in [3.63, 3.8) is 0 Å². The van der Waals surface area contributed by atoms with Gasteiger partial charge in [0, 0.05) is 12.6 Å². The number of carbonyl (C=O) groups is 1. The highest BCUT2D eigenvalue weighted by Crippen LogP contribution is 2.28. The Balaban J connectivity index is 0.000000595. The number of aromatic nitrogens is 1. The molecule has 0 radical (unpaired) electrons. The van der Waals surface area contributed by atoms with Gasteiger partial charge in [-0.15, -0.1) is 0 Å². The van der Waals surface area contributed by atoms with Crippen LogP contribution in [-0.2, 0) is 17.8 Å². The van der Waals surface area contributed by atoms with Crippen LogP contribution in [0.3, 0.4) is 0 Å². The van der Waals surface area contributed by atoms with Crippen molar-refractivity contribution < 1.29 is 23.8 Å². The normalized spacial score (nSPS) is 11.6. The minimum Gasteiger partial charge on any atom is -0.493 e. The van der Waals surface area contributed by atoms with E-state index in [1.807, 2.05) is 6.07 Å². The van der Waals surface area contributed by atoms with Crippen LogP contribution in [-0.4, -0.2) is 30.2 Å². The van der Waals surface area contributed by atoms with Crippen molar-refractivity contribution in [3.05, 3.63) is 47.4 Å². The van der Waals surface area contributed by atoms with Gasteiger partial charge < -0.3 is 19.9 Å². The third-order valence-electron chi connectivity index (χ3n) is 3.22. The highest BCUT2D eigenvalue weighted by molar-refractivity contribution is 5.49. The number of fused-ring (bicyclic) bond motifs is 1. The molecule has 2 N–H and O–H groups in total. The Hall–Kier alpha value is -2.83. The Bertz CT molecular complexity index is 679. The second-order valence-corrected chi connectivity index (χ2v) is 4.68. The number of nitrogens with one attached hydrogen (secondary N) is 1. The molecule has 3 rings (SSSR count). The molecule has 0 saturated carbocycles. The molecule has 7 heteroatoms. The van der Waals surface area contributed by atoms with Crippen molar-refractivity contribution in [3.8, 4) is 11.5 Å². The molecule has 0 aliphatic carbocycles. The molecular formula is C16H17FN2O4. The zero-order chi connectivity index (χ0) is 16.7. The van der Waals surface area contributed by atoms with Crippen LogP contribution in [0.4, 0.5) is 10.2 Å². The van der Waals surface area contributed by atoms with Crippen LogP contribution in [0.2, 0.25) is 0 Å². The number of benzene rings is 1. The zero-order valence-corrected chi connectivity index (χ0v) is 12.6. The number of methoxy groups -OCH3 is 1. The molecule has 0 amide bonds. The Labute approximate surface area is 132 Å². The second kappa shape index (κ2) is 7.98. The summed E-state index contributed by atoms with van der Waals surface area (Å²) in [6, 6.07) is 8.20. The molecule has 0 atom stereocenters. The van der Waals surface area contributed by atoms with Crippen LogP contribution in [0.5, 0.6) is 11.5 Å². The van der Waals surface area contributed by atoms with Crippen LogP contribution in [0, 0.1) is 5.82 Å². The van der Waals surface area contributed by atoms with Gasteiger partial charge in [-0.1, -0.05) is 6.07 Å². The summed E-state index contributed by atoms with van der Waals surface area (Å²) in [4.78, 5) is 12.9. The molecule has 0 saturated heterocycles. The number of pyridine rings is 1. The summed E-state index contributed by atoms with van der Waals surface area (Å²) in [6.07, 6.45) is 1.01. The van der Waals surface area contributed by atoms with Crippen LogP contribution in [0.1, 0.15) is 11.3 Å². The van der Waals surface area contributed by atoms with Gasteiger partial charge in [0.1, 0.15) is 18.2 Å². The summed E-state index contributed by atoms with van der Waals surface area (Å²) >= 11 is 0. The first kappa shape index (κ1) is 16.5. The van der Waals surface area contributed by atoms with Crippen molar-refractivity contribution in [2.45, 2.75) is 13.0 Å². The summed E-state index contributed by atoms with van der Waals surface area (Å²) in [7, 11) is 1.49. The largest absolute Gasteiger partial charge is 0.493 e. The van der Waals surface area contributed by atoms with E-state index in [1.54, 1.807) is 6.07 Å². The number of carboxylic acid groups (broad SMARTS) is 1. The Morgan fingerprint density at radius 1 is 1.35 bits per heavy atom. The fourth-order valence-corrected chi connectivity index (χ4v) is 2.19. The van der Waals surface area contributed by atoms with Crippen LogP contribution in [0.25, 0.3) is 0 Å². The maximum Gasteiger partial charge on any atom is 0.290 e. The molecular weight excluding hydrogens is 303 g/mol. The fraction of sp³-hybridized carbons (Fsp3) is 0.250. The molecule has 0 fully saturated rings. The molecule has 0 spiro atoms. The van der Waals surface area contributed by atoms with E-state index >= 15 is 0 Å². The molecule has 2 aromatic rings. The molecule has 0 unspecified atom stereocenters. The maximum absolute atomic E-state index is 13.1. The summed E-state index contributed by atoms with van der Waals surface area (Å²) in [5, 5.41) is 10.1. The number of nitrogens with zero attached hydrogens (tertiary/aromatic N) is 1. The molecule has 23 heavy (non-hydrogen) atoms. The third-order valence-corrected chi connectivity index (χ3v) is 3.22. The predicted molar refractivity (Wildman–Crippen MR) is 82.4 cm³/mol. The van der Waals surface area contributed by atoms with Gasteiger partial charge in [0.2, 0.25) is 0 Å². The number of ether oxygens (including phenoxy) is 2. The minimum atomic E-state index is -0.353. The van der Waals surface area contributed by atoms with Gasteiger partial charge in [0.25, 0.3) is 6.47 Å². The molecule has 2 heterocycles.